The molecule has 0 radical (unpaired) electrons. The number of nitrogens with one attached hydrogen (secondary N) is 1. The molecule has 1 aromatic carbocycles. The van der Waals surface area contributed by atoms with Gasteiger partial charge >= 0.3 is 5.97 Å². The smallest absolute Gasteiger partial charge is 0.335 e. The van der Waals surface area contributed by atoms with E-state index in [-0.39, 0.29) is 10.5 Å². The molecule has 2 N–H and O–H groups in total. The Hall–Kier alpha value is -1.40. The van der Waals surface area contributed by atoms with Gasteiger partial charge in [-0.05, 0) is 43.4 Å². The van der Waals surface area contributed by atoms with Crippen molar-refractivity contribution in [2.45, 2.75) is 31.1 Å². The molecular weight excluding hydrogens is 266 g/mol. The Morgan fingerprint density at radius 3 is 2.63 bits per heavy atom. The molecule has 0 unspecified atom stereocenters. The van der Waals surface area contributed by atoms with Gasteiger partial charge in [-0.25, -0.2) is 17.9 Å². The summed E-state index contributed by atoms with van der Waals surface area (Å²) in [5.74, 6) is -0.715. The molecule has 6 heteroatoms. The van der Waals surface area contributed by atoms with Crippen LogP contribution in [0, 0.1) is 12.8 Å². The maximum atomic E-state index is 12.2. The van der Waals surface area contributed by atoms with Gasteiger partial charge < -0.3 is 5.11 Å². The van der Waals surface area contributed by atoms with Crippen LogP contribution < -0.4 is 4.72 Å². The van der Waals surface area contributed by atoms with Gasteiger partial charge in [0.1, 0.15) is 0 Å². The summed E-state index contributed by atoms with van der Waals surface area (Å²) < 4.78 is 26.9. The number of carbonyl (C=O) groups is 1. The van der Waals surface area contributed by atoms with Gasteiger partial charge in [-0.2, -0.15) is 0 Å². The van der Waals surface area contributed by atoms with Crippen molar-refractivity contribution in [1.29, 1.82) is 0 Å². The lowest BCUT2D eigenvalue weighted by molar-refractivity contribution is 0.0696. The number of rotatable bonds is 5. The highest BCUT2D eigenvalue weighted by Crippen LogP contribution is 2.26. The Balaban J connectivity index is 2.22. The van der Waals surface area contributed by atoms with Crippen molar-refractivity contribution in [3.8, 4) is 0 Å². The van der Waals surface area contributed by atoms with E-state index in [1.165, 1.54) is 18.2 Å². The van der Waals surface area contributed by atoms with Gasteiger partial charge in [-0.15, -0.1) is 0 Å². The average Bonchev–Trinajstić information content (AvgIpc) is 2.26. The zero-order chi connectivity index (χ0) is 14.0. The molecule has 0 aliphatic heterocycles. The van der Waals surface area contributed by atoms with Crippen molar-refractivity contribution in [1.82, 2.24) is 4.72 Å². The topological polar surface area (TPSA) is 83.5 Å². The number of carboxylic acids is 1. The van der Waals surface area contributed by atoms with E-state index in [0.717, 1.165) is 19.3 Å². The van der Waals surface area contributed by atoms with Crippen LogP contribution in [-0.4, -0.2) is 26.0 Å². The minimum Gasteiger partial charge on any atom is -0.478 e. The maximum absolute atomic E-state index is 12.2. The molecule has 0 atom stereocenters. The zero-order valence-electron chi connectivity index (χ0n) is 10.7. The van der Waals surface area contributed by atoms with Crippen LogP contribution >= 0.6 is 0 Å². The molecule has 1 aliphatic rings. The lowest BCUT2D eigenvalue weighted by atomic mass is 9.86. The van der Waals surface area contributed by atoms with Crippen LogP contribution in [0.2, 0.25) is 0 Å². The van der Waals surface area contributed by atoms with Crippen LogP contribution in [0.5, 0.6) is 0 Å². The first kappa shape index (κ1) is 14.0. The predicted octanol–water partition coefficient (Wildman–Crippen LogP) is 1.77. The fourth-order valence-electron chi connectivity index (χ4n) is 2.02. The molecule has 0 spiro atoms. The number of benzene rings is 1. The Kier molecular flexibility index (Phi) is 3.91. The molecule has 104 valence electrons. The number of aryl methyl sites for hydroxylation is 1. The highest BCUT2D eigenvalue weighted by atomic mass is 32.2. The Labute approximate surface area is 112 Å². The van der Waals surface area contributed by atoms with Gasteiger partial charge in [0.2, 0.25) is 10.0 Å². The largest absolute Gasteiger partial charge is 0.478 e. The minimum absolute atomic E-state index is 0.0189. The normalized spacial score (nSPS) is 16.1. The second-order valence-electron chi connectivity index (χ2n) is 4.93. The fraction of sp³-hybridized carbons (Fsp3) is 0.462. The van der Waals surface area contributed by atoms with Crippen molar-refractivity contribution < 1.29 is 18.3 Å². The minimum atomic E-state index is -3.63. The molecule has 0 saturated heterocycles. The summed E-state index contributed by atoms with van der Waals surface area (Å²) in [6, 6.07) is 4.13. The molecule has 0 aromatic heterocycles. The number of hydrogen-bond donors (Lipinski definition) is 2. The number of carboxylic acid groups (broad SMARTS) is 1. The summed E-state index contributed by atoms with van der Waals surface area (Å²) in [5, 5.41) is 8.92. The quantitative estimate of drug-likeness (QED) is 0.862. The Morgan fingerprint density at radius 1 is 1.42 bits per heavy atom. The third-order valence-corrected chi connectivity index (χ3v) is 5.08. The fourth-order valence-corrected chi connectivity index (χ4v) is 3.41. The van der Waals surface area contributed by atoms with Crippen LogP contribution in [0.3, 0.4) is 0 Å². The average molecular weight is 283 g/mol. The van der Waals surface area contributed by atoms with Crippen molar-refractivity contribution in [3.05, 3.63) is 29.3 Å². The molecular formula is C13H17NO4S. The summed E-state index contributed by atoms with van der Waals surface area (Å²) in [4.78, 5) is 10.9. The molecule has 0 amide bonds. The van der Waals surface area contributed by atoms with Crippen LogP contribution in [0.4, 0.5) is 0 Å². The number of hydrogen-bond acceptors (Lipinski definition) is 3. The molecule has 0 bridgehead atoms. The van der Waals surface area contributed by atoms with Gasteiger partial charge in [-0.1, -0.05) is 12.5 Å². The molecule has 0 heterocycles. The molecule has 1 fully saturated rings. The van der Waals surface area contributed by atoms with E-state index in [0.29, 0.717) is 18.0 Å². The van der Waals surface area contributed by atoms with Gasteiger partial charge in [0.15, 0.2) is 0 Å². The first-order valence-corrected chi connectivity index (χ1v) is 7.72. The van der Waals surface area contributed by atoms with Crippen molar-refractivity contribution in [2.24, 2.45) is 5.92 Å². The first-order chi connectivity index (χ1) is 8.90. The zero-order valence-corrected chi connectivity index (χ0v) is 11.5. The van der Waals surface area contributed by atoms with Crippen LogP contribution in [0.15, 0.2) is 23.1 Å². The van der Waals surface area contributed by atoms with E-state index in [2.05, 4.69) is 4.72 Å². The van der Waals surface area contributed by atoms with Crippen LogP contribution in [0.1, 0.15) is 35.2 Å². The number of aromatic carboxylic acids is 1. The van der Waals surface area contributed by atoms with E-state index in [9.17, 15) is 13.2 Å². The summed E-state index contributed by atoms with van der Waals surface area (Å²) in [6.07, 6.45) is 3.26. The lowest BCUT2D eigenvalue weighted by Crippen LogP contribution is -2.32. The molecule has 1 aliphatic carbocycles. The Bertz CT molecular complexity index is 591. The highest BCUT2D eigenvalue weighted by Gasteiger charge is 2.23. The second kappa shape index (κ2) is 5.30. The molecule has 1 saturated carbocycles. The highest BCUT2D eigenvalue weighted by molar-refractivity contribution is 7.89. The van der Waals surface area contributed by atoms with Crippen LogP contribution in [-0.2, 0) is 10.0 Å². The third kappa shape index (κ3) is 3.13. The van der Waals surface area contributed by atoms with Crippen LogP contribution in [0.25, 0.3) is 0 Å². The SMILES string of the molecule is Cc1ccc(C(=O)O)cc1S(=O)(=O)NCC1CCC1. The monoisotopic (exact) mass is 283 g/mol. The second-order valence-corrected chi connectivity index (χ2v) is 6.67. The van der Waals surface area contributed by atoms with Gasteiger partial charge in [0, 0.05) is 6.54 Å². The van der Waals surface area contributed by atoms with Gasteiger partial charge in [-0.3, -0.25) is 0 Å². The molecule has 1 aromatic rings. The standard InChI is InChI=1S/C13H17NO4S/c1-9-5-6-11(13(15)16)7-12(9)19(17,18)14-8-10-3-2-4-10/h5-7,10,14H,2-4,8H2,1H3,(H,15,16). The summed E-state index contributed by atoms with van der Waals surface area (Å²) in [6.45, 7) is 2.09. The molecule has 2 rings (SSSR count). The Morgan fingerprint density at radius 2 is 2.11 bits per heavy atom. The summed E-state index contributed by atoms with van der Waals surface area (Å²) in [5.41, 5.74) is 0.528. The molecule has 5 nitrogen and oxygen atoms in total. The first-order valence-electron chi connectivity index (χ1n) is 6.24. The van der Waals surface area contributed by atoms with Crippen molar-refractivity contribution in [3.63, 3.8) is 0 Å². The molecule has 19 heavy (non-hydrogen) atoms. The van der Waals surface area contributed by atoms with Crippen molar-refractivity contribution >= 4 is 16.0 Å². The van der Waals surface area contributed by atoms with E-state index in [4.69, 9.17) is 5.11 Å². The lowest BCUT2D eigenvalue weighted by Gasteiger charge is -2.25. The summed E-state index contributed by atoms with van der Waals surface area (Å²) >= 11 is 0. The maximum Gasteiger partial charge on any atom is 0.335 e. The predicted molar refractivity (Wildman–Crippen MR) is 70.7 cm³/mol. The van der Waals surface area contributed by atoms with Gasteiger partial charge in [0.25, 0.3) is 0 Å². The summed E-state index contributed by atoms with van der Waals surface area (Å²) in [7, 11) is -3.63. The van der Waals surface area contributed by atoms with Crippen molar-refractivity contribution in [2.75, 3.05) is 6.54 Å². The van der Waals surface area contributed by atoms with E-state index in [1.54, 1.807) is 6.92 Å². The third-order valence-electron chi connectivity index (χ3n) is 3.51. The number of sulfonamides is 1. The van der Waals surface area contributed by atoms with Gasteiger partial charge in [0.05, 0.1) is 10.5 Å². The van der Waals surface area contributed by atoms with E-state index >= 15 is 0 Å². The van der Waals surface area contributed by atoms with E-state index < -0.39 is 16.0 Å². The van der Waals surface area contributed by atoms with E-state index in [1.807, 2.05) is 0 Å².